The number of carbonyl (C=O) groups excluding carboxylic acids is 2. The van der Waals surface area contributed by atoms with Crippen LogP contribution in [0, 0.1) is 0 Å². The van der Waals surface area contributed by atoms with E-state index < -0.39 is 17.4 Å². The summed E-state index contributed by atoms with van der Waals surface area (Å²) in [4.78, 5) is 24.0. The fourth-order valence-electron chi connectivity index (χ4n) is 2.66. The number of hydrogen-bond donors (Lipinski definition) is 0. The molecule has 3 rings (SSSR count). The topological polar surface area (TPSA) is 65.1 Å². The van der Waals surface area contributed by atoms with Crippen molar-refractivity contribution in [1.29, 1.82) is 0 Å². The third kappa shape index (κ3) is 6.16. The number of carbonyl (C=O) groups is 2. The Bertz CT molecular complexity index is 877. The second-order valence-corrected chi connectivity index (χ2v) is 7.57. The maximum Gasteiger partial charge on any atom is 0.338 e. The Hall–Kier alpha value is -3.18. The lowest BCUT2D eigenvalue weighted by Crippen LogP contribution is -2.23. The minimum Gasteiger partial charge on any atom is -0.423 e. The second kappa shape index (κ2) is 10.0. The number of hydrogen-bond acceptors (Lipinski definition) is 5. The Morgan fingerprint density at radius 3 is 1.43 bits per heavy atom. The summed E-state index contributed by atoms with van der Waals surface area (Å²) in [6, 6.07) is 14.6. The van der Waals surface area contributed by atoms with E-state index in [-0.39, 0.29) is 0 Å². The van der Waals surface area contributed by atoms with Crippen molar-refractivity contribution in [1.82, 2.24) is 0 Å². The third-order valence-electron chi connectivity index (χ3n) is 4.43. The molecule has 0 aliphatic carbocycles. The summed E-state index contributed by atoms with van der Waals surface area (Å²) in [5.41, 5.74) is 1.62. The van der Waals surface area contributed by atoms with Crippen molar-refractivity contribution >= 4 is 11.9 Å². The molecule has 0 N–H and O–H groups in total. The molecule has 0 radical (unpaired) electrons. The molecule has 0 spiro atoms. The minimum atomic E-state index is -0.599. The lowest BCUT2D eigenvalue weighted by molar-refractivity contribution is -0.130. The molecule has 1 aliphatic heterocycles. The minimum absolute atomic E-state index is 0.318. The molecule has 158 valence electrons. The molecule has 0 amide bonds. The van der Waals surface area contributed by atoms with Crippen LogP contribution in [0.2, 0.25) is 0 Å². The molecule has 0 unspecified atom stereocenters. The van der Waals surface area contributed by atoms with Gasteiger partial charge >= 0.3 is 11.9 Å². The van der Waals surface area contributed by atoms with E-state index in [9.17, 15) is 9.59 Å². The van der Waals surface area contributed by atoms with Gasteiger partial charge in [-0.05, 0) is 26.0 Å². The van der Waals surface area contributed by atoms with E-state index >= 15 is 0 Å². The van der Waals surface area contributed by atoms with Crippen molar-refractivity contribution in [2.45, 2.75) is 33.1 Å². The Morgan fingerprint density at radius 2 is 1.13 bits per heavy atom. The first-order valence-corrected chi connectivity index (χ1v) is 9.66. The molecule has 0 atom stereocenters. The van der Waals surface area contributed by atoms with Crippen LogP contribution in [0.4, 0.5) is 0 Å². The molecule has 2 aromatic rings. The summed E-state index contributed by atoms with van der Waals surface area (Å²) in [7, 11) is 0. The summed E-state index contributed by atoms with van der Waals surface area (Å²) in [6.07, 6.45) is 0. The highest BCUT2D eigenvalue weighted by atomic mass is 16.6. The van der Waals surface area contributed by atoms with E-state index in [0.29, 0.717) is 22.6 Å². The van der Waals surface area contributed by atoms with Crippen LogP contribution in [0.25, 0.3) is 0 Å². The molecule has 2 aromatic carbocycles. The average Bonchev–Trinajstić information content (AvgIpc) is 3.57. The van der Waals surface area contributed by atoms with Crippen molar-refractivity contribution in [2.24, 2.45) is 0 Å². The molecular formula is C25H28O5. The molecule has 1 aliphatic rings. The second-order valence-electron chi connectivity index (χ2n) is 7.57. The van der Waals surface area contributed by atoms with Crippen LogP contribution in [-0.4, -0.2) is 25.2 Å². The van der Waals surface area contributed by atoms with Crippen molar-refractivity contribution < 1.29 is 23.8 Å². The van der Waals surface area contributed by atoms with Gasteiger partial charge in [-0.3, -0.25) is 0 Å². The molecule has 0 saturated carbocycles. The molecule has 1 fully saturated rings. The van der Waals surface area contributed by atoms with Crippen LogP contribution >= 0.6 is 0 Å². The molecule has 0 bridgehead atoms. The van der Waals surface area contributed by atoms with Gasteiger partial charge in [0.05, 0.1) is 13.2 Å². The molecule has 0 aromatic heterocycles. The smallest absolute Gasteiger partial charge is 0.338 e. The van der Waals surface area contributed by atoms with E-state index in [1.165, 1.54) is 0 Å². The van der Waals surface area contributed by atoms with E-state index in [2.05, 4.69) is 17.9 Å². The number of epoxide rings is 1. The number of esters is 2. The molecule has 1 heterocycles. The van der Waals surface area contributed by atoms with Crippen molar-refractivity contribution in [3.63, 3.8) is 0 Å². The summed E-state index contributed by atoms with van der Waals surface area (Å²) in [6.45, 7) is 16.4. The Kier molecular flexibility index (Phi) is 7.72. The van der Waals surface area contributed by atoms with Gasteiger partial charge in [-0.15, -0.1) is 0 Å². The highest BCUT2D eigenvalue weighted by Crippen LogP contribution is 2.41. The first-order chi connectivity index (χ1) is 14.1. The van der Waals surface area contributed by atoms with Gasteiger partial charge in [0.25, 0.3) is 0 Å². The van der Waals surface area contributed by atoms with Gasteiger partial charge in [-0.1, -0.05) is 63.4 Å². The van der Waals surface area contributed by atoms with Crippen LogP contribution in [0.15, 0.2) is 72.8 Å². The first kappa shape index (κ1) is 23.1. The average molecular weight is 408 g/mol. The zero-order valence-electron chi connectivity index (χ0n) is 18.0. The van der Waals surface area contributed by atoms with E-state index in [1.807, 2.05) is 38.1 Å². The van der Waals surface area contributed by atoms with Gasteiger partial charge < -0.3 is 14.2 Å². The van der Waals surface area contributed by atoms with Crippen molar-refractivity contribution in [3.05, 3.63) is 84.0 Å². The van der Waals surface area contributed by atoms with Gasteiger partial charge in [0.1, 0.15) is 11.5 Å². The van der Waals surface area contributed by atoms with E-state index in [0.717, 1.165) is 24.3 Å². The molecule has 1 saturated heterocycles. The zero-order valence-corrected chi connectivity index (χ0v) is 18.0. The summed E-state index contributed by atoms with van der Waals surface area (Å²) < 4.78 is 15.5. The van der Waals surface area contributed by atoms with E-state index in [4.69, 9.17) is 9.47 Å². The number of para-hydroxylation sites is 2. The summed E-state index contributed by atoms with van der Waals surface area (Å²) in [5, 5.41) is 0. The van der Waals surface area contributed by atoms with Gasteiger partial charge in [-0.25, -0.2) is 9.59 Å². The number of rotatable bonds is 6. The fourth-order valence-corrected chi connectivity index (χ4v) is 2.66. The Morgan fingerprint density at radius 1 is 0.800 bits per heavy atom. The van der Waals surface area contributed by atoms with Crippen LogP contribution in [0.3, 0.4) is 0 Å². The lowest BCUT2D eigenvalue weighted by Gasteiger charge is -2.29. The van der Waals surface area contributed by atoms with Crippen LogP contribution in [0.5, 0.6) is 11.5 Å². The maximum atomic E-state index is 12.0. The molecule has 5 heteroatoms. The maximum absolute atomic E-state index is 12.0. The van der Waals surface area contributed by atoms with Crippen LogP contribution in [0.1, 0.15) is 38.8 Å². The third-order valence-corrected chi connectivity index (χ3v) is 4.43. The van der Waals surface area contributed by atoms with Gasteiger partial charge in [0.15, 0.2) is 0 Å². The predicted molar refractivity (Wildman–Crippen MR) is 117 cm³/mol. The van der Waals surface area contributed by atoms with Crippen LogP contribution in [-0.2, 0) is 19.7 Å². The van der Waals surface area contributed by atoms with Gasteiger partial charge in [0, 0.05) is 27.7 Å². The highest BCUT2D eigenvalue weighted by Gasteiger charge is 2.30. The Labute approximate surface area is 178 Å². The number of ether oxygens (including phenoxy) is 3. The molecule has 5 nitrogen and oxygen atoms in total. The Balaban J connectivity index is 0.000000976. The molecular weight excluding hydrogens is 380 g/mol. The summed E-state index contributed by atoms with van der Waals surface area (Å²) >= 11 is 0. The predicted octanol–water partition coefficient (Wildman–Crippen LogP) is 4.99. The molecule has 30 heavy (non-hydrogen) atoms. The first-order valence-electron chi connectivity index (χ1n) is 9.66. The van der Waals surface area contributed by atoms with Crippen molar-refractivity contribution in [2.75, 3.05) is 13.2 Å². The van der Waals surface area contributed by atoms with Crippen LogP contribution < -0.4 is 9.47 Å². The largest absolute Gasteiger partial charge is 0.423 e. The quantitative estimate of drug-likeness (QED) is 0.291. The monoisotopic (exact) mass is 408 g/mol. The highest BCUT2D eigenvalue weighted by molar-refractivity contribution is 5.89. The summed E-state index contributed by atoms with van der Waals surface area (Å²) in [5.74, 6) is -0.0893. The zero-order chi connectivity index (χ0) is 22.3. The van der Waals surface area contributed by atoms with Crippen molar-refractivity contribution in [3.8, 4) is 11.5 Å². The van der Waals surface area contributed by atoms with Gasteiger partial charge in [-0.2, -0.15) is 0 Å². The van der Waals surface area contributed by atoms with E-state index in [1.54, 1.807) is 38.1 Å². The fraction of sp³-hybridized carbons (Fsp3) is 0.280. The standard InChI is InChI=1S/C23H24O4.C2H4O/c1-15(2)21(24)26-19-13-9-7-11-17(19)23(5,6)18-12-8-10-14-20(18)27-22(25)16(3)4;1-2-3-1/h7-14H,1,3H2,2,4-6H3;1-2H2. The normalized spacial score (nSPS) is 12.1. The number of benzene rings is 2. The SMILES string of the molecule is C1CO1.C=C(C)C(=O)Oc1ccccc1C(C)(C)c1ccccc1OC(=O)C(=C)C. The van der Waals surface area contributed by atoms with Gasteiger partial charge in [0.2, 0.25) is 0 Å². The lowest BCUT2D eigenvalue weighted by atomic mass is 9.77.